The Kier molecular flexibility index (Phi) is 4.04. The predicted molar refractivity (Wildman–Crippen MR) is 69.5 cm³/mol. The van der Waals surface area contributed by atoms with Crippen LogP contribution in [-0.4, -0.2) is 35.8 Å². The molecule has 0 saturated carbocycles. The number of rotatable bonds is 2. The van der Waals surface area contributed by atoms with Gasteiger partial charge in [-0.15, -0.1) is 0 Å². The van der Waals surface area contributed by atoms with Gasteiger partial charge in [-0.3, -0.25) is 9.59 Å². The number of benzene rings is 1. The van der Waals surface area contributed by atoms with E-state index in [1.165, 1.54) is 25.1 Å². The lowest BCUT2D eigenvalue weighted by molar-refractivity contribution is -0.127. The number of carbonyl (C=O) groups is 2. The molecule has 4 nitrogen and oxygen atoms in total. The number of halogens is 2. The average molecular weight is 285 g/mol. The third-order valence-electron chi connectivity index (χ3n) is 3.16. The zero-order valence-electron chi connectivity index (χ0n) is 10.5. The molecule has 1 aromatic rings. The molecular weight excluding hydrogens is 271 g/mol. The van der Waals surface area contributed by atoms with Crippen molar-refractivity contribution in [1.82, 2.24) is 10.2 Å². The van der Waals surface area contributed by atoms with E-state index in [0.717, 1.165) is 0 Å². The van der Waals surface area contributed by atoms with Crippen molar-refractivity contribution in [2.24, 2.45) is 0 Å². The van der Waals surface area contributed by atoms with Crippen LogP contribution in [0.15, 0.2) is 18.2 Å². The van der Waals surface area contributed by atoms with E-state index in [1.54, 1.807) is 4.90 Å². The molecule has 0 spiro atoms. The first-order valence-electron chi connectivity index (χ1n) is 5.99. The zero-order valence-corrected chi connectivity index (χ0v) is 11.2. The highest BCUT2D eigenvalue weighted by molar-refractivity contribution is 6.33. The van der Waals surface area contributed by atoms with Gasteiger partial charge in [0.2, 0.25) is 5.91 Å². The minimum atomic E-state index is -0.647. The molecule has 0 aliphatic carbocycles. The molecular formula is C13H14ClFN2O2. The summed E-state index contributed by atoms with van der Waals surface area (Å²) in [5, 5.41) is 2.79. The maximum atomic E-state index is 13.6. The van der Waals surface area contributed by atoms with Gasteiger partial charge in [0.05, 0.1) is 10.6 Å². The van der Waals surface area contributed by atoms with Gasteiger partial charge in [-0.1, -0.05) is 17.7 Å². The van der Waals surface area contributed by atoms with Gasteiger partial charge in [0, 0.05) is 26.1 Å². The summed E-state index contributed by atoms with van der Waals surface area (Å²) >= 11 is 5.82. The molecule has 2 rings (SSSR count). The molecule has 0 bridgehead atoms. The maximum absolute atomic E-state index is 13.6. The van der Waals surface area contributed by atoms with E-state index in [-0.39, 0.29) is 22.5 Å². The molecule has 19 heavy (non-hydrogen) atoms. The van der Waals surface area contributed by atoms with E-state index < -0.39 is 11.7 Å². The maximum Gasteiger partial charge on any atom is 0.256 e. The van der Waals surface area contributed by atoms with Crippen LogP contribution >= 0.6 is 11.6 Å². The molecule has 1 unspecified atom stereocenters. The van der Waals surface area contributed by atoms with Crippen molar-refractivity contribution in [2.75, 3.05) is 13.1 Å². The topological polar surface area (TPSA) is 49.4 Å². The van der Waals surface area contributed by atoms with Crippen molar-refractivity contribution in [1.29, 1.82) is 0 Å². The van der Waals surface area contributed by atoms with Crippen LogP contribution in [0.1, 0.15) is 23.7 Å². The van der Waals surface area contributed by atoms with E-state index in [9.17, 15) is 14.0 Å². The first-order valence-corrected chi connectivity index (χ1v) is 6.37. The van der Waals surface area contributed by atoms with Crippen molar-refractivity contribution in [2.45, 2.75) is 19.4 Å². The lowest BCUT2D eigenvalue weighted by Crippen LogP contribution is -2.38. The number of amides is 2. The Morgan fingerprint density at radius 3 is 2.79 bits per heavy atom. The molecule has 0 radical (unpaired) electrons. The Morgan fingerprint density at radius 1 is 1.47 bits per heavy atom. The van der Waals surface area contributed by atoms with Crippen LogP contribution in [0.25, 0.3) is 0 Å². The summed E-state index contributed by atoms with van der Waals surface area (Å²) in [4.78, 5) is 24.8. The number of hydrogen-bond acceptors (Lipinski definition) is 2. The Bertz CT molecular complexity index is 501. The molecule has 1 aromatic carbocycles. The standard InChI is InChI=1S/C13H14ClFN2O2/c1-8(18)17-6-5-9(7-17)16-13(19)12-10(14)3-2-4-11(12)15/h2-4,9H,5-7H2,1H3,(H,16,19). The van der Waals surface area contributed by atoms with Crippen LogP contribution in [0.3, 0.4) is 0 Å². The summed E-state index contributed by atoms with van der Waals surface area (Å²) in [6.07, 6.45) is 0.664. The Labute approximate surface area is 115 Å². The van der Waals surface area contributed by atoms with Crippen molar-refractivity contribution in [3.63, 3.8) is 0 Å². The highest BCUT2D eigenvalue weighted by Crippen LogP contribution is 2.19. The van der Waals surface area contributed by atoms with E-state index in [1.807, 2.05) is 0 Å². The Morgan fingerprint density at radius 2 is 2.21 bits per heavy atom. The fourth-order valence-corrected chi connectivity index (χ4v) is 2.39. The predicted octanol–water partition coefficient (Wildman–Crippen LogP) is 1.83. The van der Waals surface area contributed by atoms with Crippen molar-refractivity contribution >= 4 is 23.4 Å². The zero-order chi connectivity index (χ0) is 14.0. The largest absolute Gasteiger partial charge is 0.347 e. The Hall–Kier alpha value is -1.62. The summed E-state index contributed by atoms with van der Waals surface area (Å²) in [5.74, 6) is -1.22. The summed E-state index contributed by atoms with van der Waals surface area (Å²) in [6, 6.07) is 3.95. The van der Waals surface area contributed by atoms with E-state index >= 15 is 0 Å². The van der Waals surface area contributed by atoms with Crippen LogP contribution < -0.4 is 5.32 Å². The van der Waals surface area contributed by atoms with Gasteiger partial charge in [-0.2, -0.15) is 0 Å². The van der Waals surface area contributed by atoms with Crippen molar-refractivity contribution in [3.05, 3.63) is 34.6 Å². The fraction of sp³-hybridized carbons (Fsp3) is 0.385. The molecule has 1 atom stereocenters. The molecule has 1 aliphatic rings. The van der Waals surface area contributed by atoms with E-state index in [0.29, 0.717) is 19.5 Å². The van der Waals surface area contributed by atoms with E-state index in [2.05, 4.69) is 5.32 Å². The SMILES string of the molecule is CC(=O)N1CCC(NC(=O)c2c(F)cccc2Cl)C1. The third-order valence-corrected chi connectivity index (χ3v) is 3.47. The van der Waals surface area contributed by atoms with Crippen molar-refractivity contribution < 1.29 is 14.0 Å². The summed E-state index contributed by atoms with van der Waals surface area (Å²) in [5.41, 5.74) is -0.148. The summed E-state index contributed by atoms with van der Waals surface area (Å²) < 4.78 is 13.6. The smallest absolute Gasteiger partial charge is 0.256 e. The van der Waals surface area contributed by atoms with Gasteiger partial charge in [-0.25, -0.2) is 4.39 Å². The molecule has 102 valence electrons. The lowest BCUT2D eigenvalue weighted by Gasteiger charge is -2.15. The molecule has 1 heterocycles. The van der Waals surface area contributed by atoms with Crippen LogP contribution in [0.2, 0.25) is 5.02 Å². The van der Waals surface area contributed by atoms with Gasteiger partial charge in [0.25, 0.3) is 5.91 Å². The highest BCUT2D eigenvalue weighted by Gasteiger charge is 2.27. The number of nitrogens with zero attached hydrogens (tertiary/aromatic N) is 1. The molecule has 1 aliphatic heterocycles. The minimum absolute atomic E-state index is 0.0272. The molecule has 1 N–H and O–H groups in total. The number of likely N-dealkylation sites (tertiary alicyclic amines) is 1. The van der Waals surface area contributed by atoms with Gasteiger partial charge in [0.15, 0.2) is 0 Å². The number of nitrogens with one attached hydrogen (secondary N) is 1. The first kappa shape index (κ1) is 13.8. The molecule has 1 saturated heterocycles. The van der Waals surface area contributed by atoms with Crippen LogP contribution in [0.5, 0.6) is 0 Å². The van der Waals surface area contributed by atoms with E-state index in [4.69, 9.17) is 11.6 Å². The van der Waals surface area contributed by atoms with Crippen LogP contribution in [0, 0.1) is 5.82 Å². The molecule has 6 heteroatoms. The van der Waals surface area contributed by atoms with Gasteiger partial charge < -0.3 is 10.2 Å². The minimum Gasteiger partial charge on any atom is -0.347 e. The van der Waals surface area contributed by atoms with Crippen LogP contribution in [-0.2, 0) is 4.79 Å². The summed E-state index contributed by atoms with van der Waals surface area (Å²) in [6.45, 7) is 2.54. The van der Waals surface area contributed by atoms with Crippen molar-refractivity contribution in [3.8, 4) is 0 Å². The normalized spacial score (nSPS) is 18.5. The second-order valence-electron chi connectivity index (χ2n) is 4.52. The molecule has 2 amide bonds. The highest BCUT2D eigenvalue weighted by atomic mass is 35.5. The Balaban J connectivity index is 2.05. The van der Waals surface area contributed by atoms with Gasteiger partial charge in [0.1, 0.15) is 5.82 Å². The fourth-order valence-electron chi connectivity index (χ4n) is 2.14. The molecule has 1 fully saturated rings. The number of carbonyl (C=O) groups excluding carboxylic acids is 2. The average Bonchev–Trinajstić information content (AvgIpc) is 2.77. The monoisotopic (exact) mass is 284 g/mol. The molecule has 0 aromatic heterocycles. The second kappa shape index (κ2) is 5.57. The van der Waals surface area contributed by atoms with Gasteiger partial charge >= 0.3 is 0 Å². The van der Waals surface area contributed by atoms with Gasteiger partial charge in [-0.05, 0) is 18.6 Å². The number of hydrogen-bond donors (Lipinski definition) is 1. The first-order chi connectivity index (χ1) is 8.99. The van der Waals surface area contributed by atoms with Crippen LogP contribution in [0.4, 0.5) is 4.39 Å². The third kappa shape index (κ3) is 3.04. The second-order valence-corrected chi connectivity index (χ2v) is 4.93. The lowest BCUT2D eigenvalue weighted by atomic mass is 10.1. The summed E-state index contributed by atoms with van der Waals surface area (Å²) in [7, 11) is 0. The quantitative estimate of drug-likeness (QED) is 0.901.